The van der Waals surface area contributed by atoms with Crippen LogP contribution in [-0.4, -0.2) is 37.7 Å². The summed E-state index contributed by atoms with van der Waals surface area (Å²) in [4.78, 5) is 18.4. The molecule has 0 saturated carbocycles. The van der Waals surface area contributed by atoms with Crippen LogP contribution in [0.15, 0.2) is 76.2 Å². The minimum absolute atomic E-state index is 0.143. The number of anilines is 1. The van der Waals surface area contributed by atoms with Crippen LogP contribution in [0.1, 0.15) is 15.2 Å². The number of thiazole rings is 1. The Labute approximate surface area is 190 Å². The van der Waals surface area contributed by atoms with Crippen molar-refractivity contribution >= 4 is 33.0 Å². The van der Waals surface area contributed by atoms with Crippen LogP contribution in [-0.2, 0) is 10.0 Å². The monoisotopic (exact) mass is 467 g/mol. The molecule has 0 fully saturated rings. The molecule has 0 unspecified atom stereocenters. The number of sulfonamides is 1. The predicted molar refractivity (Wildman–Crippen MR) is 125 cm³/mol. The summed E-state index contributed by atoms with van der Waals surface area (Å²) in [7, 11) is -0.704. The van der Waals surface area contributed by atoms with E-state index in [-0.39, 0.29) is 10.8 Å². The third kappa shape index (κ3) is 4.22. The molecule has 0 aliphatic rings. The van der Waals surface area contributed by atoms with Crippen LogP contribution in [0, 0.1) is 6.92 Å². The van der Waals surface area contributed by atoms with Gasteiger partial charge < -0.3 is 9.73 Å². The Bertz CT molecular complexity index is 1360. The molecule has 0 radical (unpaired) electrons. The van der Waals surface area contributed by atoms with Crippen LogP contribution in [0.25, 0.3) is 22.0 Å². The Morgan fingerprint density at radius 1 is 1.06 bits per heavy atom. The number of hydrogen-bond acceptors (Lipinski definition) is 6. The molecule has 0 saturated heterocycles. The molecule has 1 N–H and O–H groups in total. The van der Waals surface area contributed by atoms with Crippen LogP contribution >= 0.6 is 11.3 Å². The van der Waals surface area contributed by atoms with E-state index < -0.39 is 10.0 Å². The minimum Gasteiger partial charge on any atom is -0.462 e. The number of benzene rings is 2. The van der Waals surface area contributed by atoms with Gasteiger partial charge in [-0.3, -0.25) is 4.79 Å². The fraction of sp³-hybridized carbons (Fsp3) is 0.130. The van der Waals surface area contributed by atoms with E-state index in [2.05, 4.69) is 10.3 Å². The van der Waals surface area contributed by atoms with Crippen LogP contribution in [0.5, 0.6) is 0 Å². The molecule has 1 amide bonds. The van der Waals surface area contributed by atoms with Crippen molar-refractivity contribution in [1.29, 1.82) is 0 Å². The van der Waals surface area contributed by atoms with Crippen LogP contribution in [0.3, 0.4) is 0 Å². The summed E-state index contributed by atoms with van der Waals surface area (Å²) in [6.07, 6.45) is 1.55. The third-order valence-electron chi connectivity index (χ3n) is 4.82. The molecule has 2 aromatic carbocycles. The largest absolute Gasteiger partial charge is 0.462 e. The number of aryl methyl sites for hydroxylation is 1. The van der Waals surface area contributed by atoms with Crippen molar-refractivity contribution in [1.82, 2.24) is 9.29 Å². The molecule has 0 aliphatic heterocycles. The lowest BCUT2D eigenvalue weighted by atomic mass is 10.1. The predicted octanol–water partition coefficient (Wildman–Crippen LogP) is 4.88. The Balaban J connectivity index is 1.73. The van der Waals surface area contributed by atoms with E-state index in [4.69, 9.17) is 4.42 Å². The summed E-state index contributed by atoms with van der Waals surface area (Å²) in [5.74, 6) is 0.192. The molecule has 4 aromatic rings. The normalized spacial score (nSPS) is 11.6. The van der Waals surface area contributed by atoms with Gasteiger partial charge in [0.2, 0.25) is 10.0 Å². The van der Waals surface area contributed by atoms with Crippen molar-refractivity contribution in [2.75, 3.05) is 19.4 Å². The number of carbonyl (C=O) groups is 1. The Kier molecular flexibility index (Phi) is 5.96. The summed E-state index contributed by atoms with van der Waals surface area (Å²) in [6.45, 7) is 1.72. The fourth-order valence-electron chi connectivity index (χ4n) is 3.11. The number of hydrogen-bond donors (Lipinski definition) is 1. The first kappa shape index (κ1) is 21.9. The van der Waals surface area contributed by atoms with E-state index in [0.717, 1.165) is 9.87 Å². The quantitative estimate of drug-likeness (QED) is 0.436. The molecule has 164 valence electrons. The second-order valence-electron chi connectivity index (χ2n) is 7.26. The number of amides is 1. The average molecular weight is 468 g/mol. The summed E-state index contributed by atoms with van der Waals surface area (Å²) < 4.78 is 31.9. The lowest BCUT2D eigenvalue weighted by molar-refractivity contribution is 0.103. The molecular weight excluding hydrogens is 446 g/mol. The number of nitrogens with one attached hydrogen (secondary N) is 1. The SMILES string of the molecule is Cc1ccc(NC(=O)c2sc(-c3ccco3)nc2-c2ccccc2)cc1S(=O)(=O)N(C)C. The maximum Gasteiger partial charge on any atom is 0.268 e. The lowest BCUT2D eigenvalue weighted by Gasteiger charge is -2.15. The number of nitrogens with zero attached hydrogens (tertiary/aromatic N) is 2. The van der Waals surface area contributed by atoms with Crippen LogP contribution < -0.4 is 5.32 Å². The van der Waals surface area contributed by atoms with Gasteiger partial charge in [0, 0.05) is 25.3 Å². The highest BCUT2D eigenvalue weighted by molar-refractivity contribution is 7.89. The molecule has 0 aliphatic carbocycles. The van der Waals surface area contributed by atoms with E-state index in [1.54, 1.807) is 37.5 Å². The zero-order valence-electron chi connectivity index (χ0n) is 17.7. The van der Waals surface area contributed by atoms with Gasteiger partial charge in [-0.2, -0.15) is 0 Å². The Morgan fingerprint density at radius 3 is 2.47 bits per heavy atom. The van der Waals surface area contributed by atoms with E-state index >= 15 is 0 Å². The van der Waals surface area contributed by atoms with Crippen LogP contribution in [0.2, 0.25) is 0 Å². The number of carbonyl (C=O) groups excluding carboxylic acids is 1. The Morgan fingerprint density at radius 2 is 1.81 bits per heavy atom. The number of aromatic nitrogens is 1. The van der Waals surface area contributed by atoms with Crippen molar-refractivity contribution in [3.63, 3.8) is 0 Å². The molecule has 7 nitrogen and oxygen atoms in total. The first-order chi connectivity index (χ1) is 15.3. The molecule has 2 heterocycles. The molecule has 0 bridgehead atoms. The van der Waals surface area contributed by atoms with E-state index in [0.29, 0.717) is 32.6 Å². The highest BCUT2D eigenvalue weighted by Crippen LogP contribution is 2.35. The van der Waals surface area contributed by atoms with Gasteiger partial charge in [-0.05, 0) is 36.8 Å². The highest BCUT2D eigenvalue weighted by Gasteiger charge is 2.23. The van der Waals surface area contributed by atoms with E-state index in [1.165, 1.54) is 31.5 Å². The molecular formula is C23H21N3O4S2. The smallest absolute Gasteiger partial charge is 0.268 e. The average Bonchev–Trinajstić information content (AvgIpc) is 3.45. The van der Waals surface area contributed by atoms with Crippen molar-refractivity contribution in [3.05, 3.63) is 77.4 Å². The topological polar surface area (TPSA) is 92.5 Å². The van der Waals surface area contributed by atoms with E-state index in [9.17, 15) is 13.2 Å². The molecule has 4 rings (SSSR count). The molecule has 0 atom stereocenters. The second-order valence-corrected chi connectivity index (χ2v) is 10.4. The van der Waals surface area contributed by atoms with Gasteiger partial charge in [-0.1, -0.05) is 36.4 Å². The van der Waals surface area contributed by atoms with Gasteiger partial charge in [-0.25, -0.2) is 17.7 Å². The van der Waals surface area contributed by atoms with Crippen LogP contribution in [0.4, 0.5) is 5.69 Å². The van der Waals surface area contributed by atoms with Gasteiger partial charge in [0.05, 0.1) is 16.9 Å². The Hall–Kier alpha value is -3.27. The fourth-order valence-corrected chi connectivity index (χ4v) is 5.21. The van der Waals surface area contributed by atoms with Crippen molar-refractivity contribution < 1.29 is 17.6 Å². The number of furan rings is 1. The number of rotatable bonds is 6. The van der Waals surface area contributed by atoms with Gasteiger partial charge in [0.25, 0.3) is 5.91 Å². The molecule has 0 spiro atoms. The van der Waals surface area contributed by atoms with Gasteiger partial charge in [0.15, 0.2) is 10.8 Å². The first-order valence-electron chi connectivity index (χ1n) is 9.72. The first-order valence-corrected chi connectivity index (χ1v) is 12.0. The summed E-state index contributed by atoms with van der Waals surface area (Å²) in [5, 5.41) is 3.41. The van der Waals surface area contributed by atoms with Crippen molar-refractivity contribution in [3.8, 4) is 22.0 Å². The van der Waals surface area contributed by atoms with Gasteiger partial charge >= 0.3 is 0 Å². The maximum absolute atomic E-state index is 13.2. The van der Waals surface area contributed by atoms with Gasteiger partial charge in [0.1, 0.15) is 4.88 Å². The summed E-state index contributed by atoms with van der Waals surface area (Å²) >= 11 is 1.21. The standard InChI is InChI=1S/C23H21N3O4S2/c1-15-11-12-17(14-19(15)32(28,29)26(2)3)24-22(27)21-20(16-8-5-4-6-9-16)25-23(31-21)18-10-7-13-30-18/h4-14H,1-3H3,(H,24,27). The highest BCUT2D eigenvalue weighted by atomic mass is 32.2. The summed E-state index contributed by atoms with van der Waals surface area (Å²) in [5.41, 5.74) is 2.31. The van der Waals surface area contributed by atoms with E-state index in [1.807, 2.05) is 30.3 Å². The maximum atomic E-state index is 13.2. The zero-order chi connectivity index (χ0) is 22.9. The molecule has 9 heteroatoms. The van der Waals surface area contributed by atoms with Crippen molar-refractivity contribution in [2.24, 2.45) is 0 Å². The second kappa shape index (κ2) is 8.70. The summed E-state index contributed by atoms with van der Waals surface area (Å²) in [6, 6.07) is 17.8. The van der Waals surface area contributed by atoms with Gasteiger partial charge in [-0.15, -0.1) is 11.3 Å². The third-order valence-corrected chi connectivity index (χ3v) is 7.84. The lowest BCUT2D eigenvalue weighted by Crippen LogP contribution is -2.23. The van der Waals surface area contributed by atoms with Crippen molar-refractivity contribution in [2.45, 2.75) is 11.8 Å². The molecule has 2 aromatic heterocycles. The molecule has 32 heavy (non-hydrogen) atoms. The zero-order valence-corrected chi connectivity index (χ0v) is 19.3. The minimum atomic E-state index is -3.65.